The average molecular weight is 255 g/mol. The first-order valence-electron chi connectivity index (χ1n) is 5.29. The van der Waals surface area contributed by atoms with E-state index in [2.05, 4.69) is 10.6 Å². The van der Waals surface area contributed by atoms with E-state index in [9.17, 15) is 9.59 Å². The van der Waals surface area contributed by atoms with E-state index in [1.165, 1.54) is 6.92 Å². The zero-order chi connectivity index (χ0) is 12.8. The van der Waals surface area contributed by atoms with Crippen molar-refractivity contribution in [3.8, 4) is 0 Å². The van der Waals surface area contributed by atoms with Crippen LogP contribution in [-0.2, 0) is 16.1 Å². The quantitative estimate of drug-likeness (QED) is 0.855. The minimum atomic E-state index is -0.546. The standard InChI is InChI=1S/C12H15ClN2O2/c1-8(15-9(2)16)12(17)14-7-10-5-3-4-6-11(10)13/h3-6,8H,7H2,1-2H3,(H,14,17)(H,15,16)/t8-/m1/s1. The molecular formula is C12H15ClN2O2. The van der Waals surface area contributed by atoms with Crippen LogP contribution in [0.4, 0.5) is 0 Å². The van der Waals surface area contributed by atoms with Gasteiger partial charge in [0.1, 0.15) is 6.04 Å². The molecule has 92 valence electrons. The summed E-state index contributed by atoms with van der Waals surface area (Å²) in [6.07, 6.45) is 0. The number of hydrogen-bond donors (Lipinski definition) is 2. The Bertz CT molecular complexity index is 421. The maximum atomic E-state index is 11.6. The minimum absolute atomic E-state index is 0.231. The molecule has 0 aliphatic heterocycles. The summed E-state index contributed by atoms with van der Waals surface area (Å²) in [7, 11) is 0. The molecular weight excluding hydrogens is 240 g/mol. The molecule has 1 aromatic rings. The molecule has 2 amide bonds. The van der Waals surface area contributed by atoms with Gasteiger partial charge in [0.05, 0.1) is 0 Å². The molecule has 0 fully saturated rings. The van der Waals surface area contributed by atoms with Gasteiger partial charge in [-0.05, 0) is 18.6 Å². The Hall–Kier alpha value is -1.55. The fourth-order valence-corrected chi connectivity index (χ4v) is 1.55. The fourth-order valence-electron chi connectivity index (χ4n) is 1.35. The highest BCUT2D eigenvalue weighted by Gasteiger charge is 2.13. The van der Waals surface area contributed by atoms with Crippen molar-refractivity contribution in [2.75, 3.05) is 0 Å². The van der Waals surface area contributed by atoms with Crippen molar-refractivity contribution in [3.63, 3.8) is 0 Å². The lowest BCUT2D eigenvalue weighted by Gasteiger charge is -2.13. The molecule has 17 heavy (non-hydrogen) atoms. The molecule has 4 nitrogen and oxygen atoms in total. The largest absolute Gasteiger partial charge is 0.350 e. The number of nitrogens with one attached hydrogen (secondary N) is 2. The van der Waals surface area contributed by atoms with Crippen LogP contribution >= 0.6 is 11.6 Å². The molecule has 0 bridgehead atoms. The lowest BCUT2D eigenvalue weighted by molar-refractivity contribution is -0.127. The Labute approximate surface area is 105 Å². The maximum absolute atomic E-state index is 11.6. The number of hydrogen-bond acceptors (Lipinski definition) is 2. The molecule has 0 radical (unpaired) electrons. The Morgan fingerprint density at radius 1 is 1.35 bits per heavy atom. The molecule has 0 aliphatic carbocycles. The fraction of sp³-hybridized carbons (Fsp3) is 0.333. The summed E-state index contributed by atoms with van der Waals surface area (Å²) in [4.78, 5) is 22.4. The van der Waals surface area contributed by atoms with Crippen molar-refractivity contribution in [2.45, 2.75) is 26.4 Å². The summed E-state index contributed by atoms with van der Waals surface area (Å²) in [5.41, 5.74) is 0.845. The Morgan fingerprint density at radius 3 is 2.59 bits per heavy atom. The summed E-state index contributed by atoms with van der Waals surface area (Å²) in [6.45, 7) is 3.35. The minimum Gasteiger partial charge on any atom is -0.350 e. The zero-order valence-electron chi connectivity index (χ0n) is 9.79. The lowest BCUT2D eigenvalue weighted by Crippen LogP contribution is -2.43. The van der Waals surface area contributed by atoms with Gasteiger partial charge in [-0.2, -0.15) is 0 Å². The van der Waals surface area contributed by atoms with E-state index < -0.39 is 6.04 Å². The van der Waals surface area contributed by atoms with E-state index in [0.29, 0.717) is 11.6 Å². The summed E-state index contributed by atoms with van der Waals surface area (Å²) in [5, 5.41) is 5.83. The third-order valence-electron chi connectivity index (χ3n) is 2.22. The van der Waals surface area contributed by atoms with Crippen LogP contribution in [0.15, 0.2) is 24.3 Å². The molecule has 1 rings (SSSR count). The number of amides is 2. The van der Waals surface area contributed by atoms with Crippen molar-refractivity contribution in [3.05, 3.63) is 34.9 Å². The highest BCUT2D eigenvalue weighted by Crippen LogP contribution is 2.14. The Balaban J connectivity index is 2.48. The van der Waals surface area contributed by atoms with Gasteiger partial charge in [-0.3, -0.25) is 9.59 Å². The van der Waals surface area contributed by atoms with Crippen LogP contribution in [-0.4, -0.2) is 17.9 Å². The van der Waals surface area contributed by atoms with Crippen molar-refractivity contribution in [1.82, 2.24) is 10.6 Å². The predicted octanol–water partition coefficient (Wildman–Crippen LogP) is 1.48. The second-order valence-electron chi connectivity index (χ2n) is 3.73. The molecule has 0 saturated heterocycles. The molecule has 0 spiro atoms. The normalized spacial score (nSPS) is 11.7. The molecule has 0 heterocycles. The predicted molar refractivity (Wildman–Crippen MR) is 66.6 cm³/mol. The molecule has 1 aromatic carbocycles. The van der Waals surface area contributed by atoms with Gasteiger partial charge < -0.3 is 10.6 Å². The van der Waals surface area contributed by atoms with E-state index in [1.54, 1.807) is 13.0 Å². The van der Waals surface area contributed by atoms with Crippen LogP contribution in [0.3, 0.4) is 0 Å². The molecule has 0 saturated carbocycles. The van der Waals surface area contributed by atoms with Crippen LogP contribution < -0.4 is 10.6 Å². The third kappa shape index (κ3) is 4.44. The SMILES string of the molecule is CC(=O)N[C@H](C)C(=O)NCc1ccccc1Cl. The van der Waals surface area contributed by atoms with E-state index in [1.807, 2.05) is 18.2 Å². The summed E-state index contributed by atoms with van der Waals surface area (Å²) >= 11 is 5.95. The Kier molecular flexibility index (Phi) is 4.97. The average Bonchev–Trinajstić information content (AvgIpc) is 2.26. The number of rotatable bonds is 4. The first-order chi connectivity index (χ1) is 8.00. The van der Waals surface area contributed by atoms with Crippen LogP contribution in [0.25, 0.3) is 0 Å². The van der Waals surface area contributed by atoms with E-state index in [-0.39, 0.29) is 11.8 Å². The van der Waals surface area contributed by atoms with Gasteiger partial charge in [0.2, 0.25) is 11.8 Å². The van der Waals surface area contributed by atoms with Crippen LogP contribution in [0, 0.1) is 0 Å². The highest BCUT2D eigenvalue weighted by molar-refractivity contribution is 6.31. The topological polar surface area (TPSA) is 58.2 Å². The van der Waals surface area contributed by atoms with E-state index >= 15 is 0 Å². The van der Waals surface area contributed by atoms with Crippen molar-refractivity contribution >= 4 is 23.4 Å². The van der Waals surface area contributed by atoms with E-state index in [4.69, 9.17) is 11.6 Å². The smallest absolute Gasteiger partial charge is 0.242 e. The summed E-state index contributed by atoms with van der Waals surface area (Å²) in [5.74, 6) is -0.467. The second kappa shape index (κ2) is 6.25. The second-order valence-corrected chi connectivity index (χ2v) is 4.14. The molecule has 5 heteroatoms. The van der Waals surface area contributed by atoms with Gasteiger partial charge in [0.15, 0.2) is 0 Å². The molecule has 0 aromatic heterocycles. The Morgan fingerprint density at radius 2 is 2.00 bits per heavy atom. The maximum Gasteiger partial charge on any atom is 0.242 e. The number of carbonyl (C=O) groups is 2. The first-order valence-corrected chi connectivity index (χ1v) is 5.66. The van der Waals surface area contributed by atoms with Gasteiger partial charge in [-0.15, -0.1) is 0 Å². The summed E-state index contributed by atoms with van der Waals surface area (Å²) < 4.78 is 0. The number of carbonyl (C=O) groups excluding carboxylic acids is 2. The summed E-state index contributed by atoms with van der Waals surface area (Å²) in [6, 6.07) is 6.74. The number of halogens is 1. The van der Waals surface area contributed by atoms with Gasteiger partial charge in [0, 0.05) is 18.5 Å². The number of benzene rings is 1. The van der Waals surface area contributed by atoms with Crippen LogP contribution in [0.1, 0.15) is 19.4 Å². The van der Waals surface area contributed by atoms with Gasteiger partial charge in [0.25, 0.3) is 0 Å². The van der Waals surface area contributed by atoms with Gasteiger partial charge >= 0.3 is 0 Å². The van der Waals surface area contributed by atoms with Crippen LogP contribution in [0.5, 0.6) is 0 Å². The third-order valence-corrected chi connectivity index (χ3v) is 2.59. The van der Waals surface area contributed by atoms with Crippen molar-refractivity contribution in [2.24, 2.45) is 0 Å². The van der Waals surface area contributed by atoms with Gasteiger partial charge in [-0.25, -0.2) is 0 Å². The first kappa shape index (κ1) is 13.5. The van der Waals surface area contributed by atoms with E-state index in [0.717, 1.165) is 5.56 Å². The van der Waals surface area contributed by atoms with Crippen molar-refractivity contribution in [1.29, 1.82) is 0 Å². The van der Waals surface area contributed by atoms with Gasteiger partial charge in [-0.1, -0.05) is 29.8 Å². The molecule has 2 N–H and O–H groups in total. The monoisotopic (exact) mass is 254 g/mol. The van der Waals surface area contributed by atoms with Crippen molar-refractivity contribution < 1.29 is 9.59 Å². The highest BCUT2D eigenvalue weighted by atomic mass is 35.5. The molecule has 0 aliphatic rings. The zero-order valence-corrected chi connectivity index (χ0v) is 10.5. The molecule has 0 unspecified atom stereocenters. The molecule has 1 atom stereocenters. The lowest BCUT2D eigenvalue weighted by atomic mass is 10.2. The van der Waals surface area contributed by atoms with Crippen LogP contribution in [0.2, 0.25) is 5.02 Å².